The van der Waals surface area contributed by atoms with Gasteiger partial charge in [0.2, 0.25) is 0 Å². The van der Waals surface area contributed by atoms with E-state index in [1.54, 1.807) is 0 Å². The molecule has 112 heavy (non-hydrogen) atoms. The Balaban J connectivity index is 0.715. The SMILES string of the molecule is CCCCCCCCC1(CCCCCCCC)c2cc(-c3ccccc3)ccc2-c2ccc(-c3ccc4c(c3)c3cc(-c5ccc6c(c5)c5cc(-c7ccc8c(c7)c7cc(-c9ccccc9)ccc7n8-c7ccc8oc9ccccc9c8c7)ccc5n6-c5ccccc5)ccc3n4-c3ccc4oc5ccccc5c4c3)cc21. The van der Waals surface area contributed by atoms with Crippen LogP contribution in [0.4, 0.5) is 0 Å². The topological polar surface area (TPSA) is 41.1 Å². The number of aromatic nitrogens is 3. The zero-order chi connectivity index (χ0) is 74.4. The molecule has 0 unspecified atom stereocenters. The molecule has 5 heterocycles. The Hall–Kier alpha value is -12.7. The van der Waals surface area contributed by atoms with Crippen molar-refractivity contribution >= 4 is 109 Å². The lowest BCUT2D eigenvalue weighted by Crippen LogP contribution is -2.25. The lowest BCUT2D eigenvalue weighted by Gasteiger charge is -2.33. The van der Waals surface area contributed by atoms with E-state index in [1.165, 1.54) is 182 Å². The first kappa shape index (κ1) is 67.4. The summed E-state index contributed by atoms with van der Waals surface area (Å²) >= 11 is 0. The van der Waals surface area contributed by atoms with E-state index >= 15 is 0 Å². The predicted octanol–water partition coefficient (Wildman–Crippen LogP) is 30.9. The van der Waals surface area contributed by atoms with Gasteiger partial charge < -0.3 is 22.5 Å². The van der Waals surface area contributed by atoms with E-state index < -0.39 is 0 Å². The molecule has 21 rings (SSSR count). The first-order valence-electron chi connectivity index (χ1n) is 41.0. The highest BCUT2D eigenvalue weighted by atomic mass is 16.3. The number of furan rings is 2. The van der Waals surface area contributed by atoms with Crippen LogP contribution in [0.5, 0.6) is 0 Å². The van der Waals surface area contributed by atoms with Crippen molar-refractivity contribution in [2.75, 3.05) is 0 Å². The van der Waals surface area contributed by atoms with E-state index in [0.29, 0.717) is 0 Å². The first-order valence-corrected chi connectivity index (χ1v) is 41.0. The zero-order valence-electron chi connectivity index (χ0n) is 63.7. The molecular formula is C107H87N3O2. The second-order valence-electron chi connectivity index (χ2n) is 31.7. The van der Waals surface area contributed by atoms with Gasteiger partial charge in [-0.3, -0.25) is 0 Å². The molecule has 20 aromatic rings. The number of unbranched alkanes of at least 4 members (excludes halogenated alkanes) is 10. The van der Waals surface area contributed by atoms with Gasteiger partial charge in [-0.1, -0.05) is 267 Å². The molecule has 5 aromatic heterocycles. The molecule has 0 amide bonds. The normalized spacial score (nSPS) is 12.8. The highest BCUT2D eigenvalue weighted by Crippen LogP contribution is 2.57. The summed E-state index contributed by atoms with van der Waals surface area (Å²) in [6, 6.07) is 121. The summed E-state index contributed by atoms with van der Waals surface area (Å²) < 4.78 is 20.2. The molecule has 0 fully saturated rings. The van der Waals surface area contributed by atoms with E-state index in [2.05, 4.69) is 343 Å². The molecule has 0 radical (unpaired) electrons. The number of fused-ring (bicyclic) bond motifs is 18. The molecular weight excluding hydrogens is 1360 g/mol. The lowest BCUT2D eigenvalue weighted by molar-refractivity contribution is 0.398. The highest BCUT2D eigenvalue weighted by Gasteiger charge is 2.43. The molecule has 0 bridgehead atoms. The monoisotopic (exact) mass is 1450 g/mol. The summed E-state index contributed by atoms with van der Waals surface area (Å²) in [7, 11) is 0. The number of hydrogen-bond acceptors (Lipinski definition) is 2. The molecule has 0 atom stereocenters. The molecule has 1 aliphatic rings. The highest BCUT2D eigenvalue weighted by molar-refractivity contribution is 6.17. The molecule has 15 aromatic carbocycles. The number of nitrogens with zero attached hydrogens (tertiary/aromatic N) is 3. The summed E-state index contributed by atoms with van der Waals surface area (Å²) in [5.41, 5.74) is 31.8. The molecule has 5 nitrogen and oxygen atoms in total. The van der Waals surface area contributed by atoms with E-state index in [4.69, 9.17) is 8.83 Å². The largest absolute Gasteiger partial charge is 0.456 e. The third-order valence-electron chi connectivity index (χ3n) is 25.0. The van der Waals surface area contributed by atoms with Crippen molar-refractivity contribution in [3.8, 4) is 83.8 Å². The minimum absolute atomic E-state index is 0.0954. The summed E-state index contributed by atoms with van der Waals surface area (Å²) in [6.07, 6.45) is 17.7. The Labute approximate surface area is 653 Å². The third kappa shape index (κ3) is 11.4. The van der Waals surface area contributed by atoms with Crippen LogP contribution < -0.4 is 0 Å². The average molecular weight is 1450 g/mol. The Morgan fingerprint density at radius 2 is 0.509 bits per heavy atom. The van der Waals surface area contributed by atoms with Gasteiger partial charge in [-0.05, 0) is 236 Å². The van der Waals surface area contributed by atoms with Crippen LogP contribution in [0.1, 0.15) is 115 Å². The fraction of sp³-hybridized carbons (Fsp3) is 0.159. The van der Waals surface area contributed by atoms with Gasteiger partial charge in [0.05, 0.1) is 33.1 Å². The second kappa shape index (κ2) is 28.0. The maximum atomic E-state index is 6.48. The van der Waals surface area contributed by atoms with Crippen molar-refractivity contribution in [1.29, 1.82) is 0 Å². The van der Waals surface area contributed by atoms with Crippen molar-refractivity contribution < 1.29 is 8.83 Å². The maximum absolute atomic E-state index is 6.48. The minimum atomic E-state index is -0.0954. The standard InChI is InChI=1S/C107H87N3O2/c1-3-5-7-9-11-26-58-107(59-27-12-10-8-6-4-2)95-66-78(71-30-18-14-19-31-71)38-48-83(95)84-49-39-79(67-96(84)107)77-45-55-102-92(65-77)91-64-76(44-54-101(91)110(102)82-47-57-106-94(69-82)86-35-23-25-37-104(86)112-106)74-42-52-98-89(62-74)88-61-73(41-51-97(88)108(98)80-32-20-15-21-33-80)75-43-53-100-90(63-75)87-60-72(70-28-16-13-17-29-70)40-50-99(87)109(100)81-46-56-105-93(68-81)85-34-22-24-36-103(85)111-105/h13-25,28-57,60-69H,3-12,26-27,58-59H2,1-2H3. The van der Waals surface area contributed by atoms with Gasteiger partial charge in [-0.2, -0.15) is 0 Å². The van der Waals surface area contributed by atoms with Crippen molar-refractivity contribution in [1.82, 2.24) is 13.7 Å². The molecule has 1 aliphatic carbocycles. The quantitative estimate of drug-likeness (QED) is 0.0635. The van der Waals surface area contributed by atoms with Crippen molar-refractivity contribution in [2.24, 2.45) is 0 Å². The summed E-state index contributed by atoms with van der Waals surface area (Å²) in [6.45, 7) is 4.66. The Kier molecular flexibility index (Phi) is 16.9. The molecule has 5 heteroatoms. The van der Waals surface area contributed by atoms with Gasteiger partial charge in [0.1, 0.15) is 22.3 Å². The molecule has 0 spiro atoms. The van der Waals surface area contributed by atoms with Gasteiger partial charge in [0.25, 0.3) is 0 Å². The first-order chi connectivity index (χ1) is 55.4. The van der Waals surface area contributed by atoms with Crippen molar-refractivity contribution in [3.05, 3.63) is 333 Å². The third-order valence-corrected chi connectivity index (χ3v) is 25.0. The molecule has 0 aliphatic heterocycles. The van der Waals surface area contributed by atoms with Crippen LogP contribution in [-0.4, -0.2) is 13.7 Å². The lowest BCUT2D eigenvalue weighted by atomic mass is 9.70. The van der Waals surface area contributed by atoms with Crippen LogP contribution in [0.3, 0.4) is 0 Å². The van der Waals surface area contributed by atoms with Crippen LogP contribution in [0.2, 0.25) is 0 Å². The average Bonchev–Trinajstić information content (AvgIpc) is 1.56. The molecule has 0 saturated heterocycles. The van der Waals surface area contributed by atoms with Crippen molar-refractivity contribution in [2.45, 2.75) is 109 Å². The number of rotatable bonds is 22. The van der Waals surface area contributed by atoms with Gasteiger partial charge >= 0.3 is 0 Å². The Bertz CT molecular complexity index is 7020. The maximum Gasteiger partial charge on any atom is 0.135 e. The summed E-state index contributed by atoms with van der Waals surface area (Å²) in [4.78, 5) is 0. The van der Waals surface area contributed by atoms with Crippen molar-refractivity contribution in [3.63, 3.8) is 0 Å². The Morgan fingerprint density at radius 1 is 0.214 bits per heavy atom. The zero-order valence-corrected chi connectivity index (χ0v) is 63.7. The van der Waals surface area contributed by atoms with Gasteiger partial charge in [-0.25, -0.2) is 0 Å². The van der Waals surface area contributed by atoms with Crippen LogP contribution in [0.25, 0.3) is 193 Å². The van der Waals surface area contributed by atoms with E-state index in [9.17, 15) is 0 Å². The predicted molar refractivity (Wildman–Crippen MR) is 473 cm³/mol. The summed E-state index contributed by atoms with van der Waals surface area (Å²) in [5, 5.41) is 11.7. The summed E-state index contributed by atoms with van der Waals surface area (Å²) in [5.74, 6) is 0. The fourth-order valence-electron chi connectivity index (χ4n) is 19.5. The van der Waals surface area contributed by atoms with E-state index in [0.717, 1.165) is 112 Å². The number of benzene rings is 15. The molecule has 0 N–H and O–H groups in total. The molecule has 542 valence electrons. The van der Waals surface area contributed by atoms with Gasteiger partial charge in [0, 0.05) is 76.3 Å². The number of para-hydroxylation sites is 3. The van der Waals surface area contributed by atoms with E-state index in [1.807, 2.05) is 6.07 Å². The smallest absolute Gasteiger partial charge is 0.135 e. The van der Waals surface area contributed by atoms with Gasteiger partial charge in [-0.15, -0.1) is 0 Å². The molecule has 0 saturated carbocycles. The van der Waals surface area contributed by atoms with Crippen LogP contribution in [0.15, 0.2) is 330 Å². The fourth-order valence-corrected chi connectivity index (χ4v) is 19.5. The second-order valence-corrected chi connectivity index (χ2v) is 31.7. The van der Waals surface area contributed by atoms with Crippen LogP contribution in [-0.2, 0) is 5.41 Å². The minimum Gasteiger partial charge on any atom is -0.456 e. The number of hydrogen-bond donors (Lipinski definition) is 0. The van der Waals surface area contributed by atoms with Gasteiger partial charge in [0.15, 0.2) is 0 Å². The van der Waals surface area contributed by atoms with Crippen LogP contribution in [0, 0.1) is 0 Å². The Morgan fingerprint density at radius 3 is 0.893 bits per heavy atom. The van der Waals surface area contributed by atoms with E-state index in [-0.39, 0.29) is 5.41 Å². The van der Waals surface area contributed by atoms with Crippen LogP contribution >= 0.6 is 0 Å².